The molecule has 2 fully saturated rings. The second-order valence-electron chi connectivity index (χ2n) is 6.04. The van der Waals surface area contributed by atoms with Crippen LogP contribution in [0.4, 0.5) is 0 Å². The molecule has 22 heavy (non-hydrogen) atoms. The number of ether oxygens (including phenoxy) is 3. The first-order valence-electron chi connectivity index (χ1n) is 7.05. The third kappa shape index (κ3) is 2.17. The molecule has 0 amide bonds. The summed E-state index contributed by atoms with van der Waals surface area (Å²) in [5.41, 5.74) is 0.746. The topological polar surface area (TPSA) is 58.4 Å². The lowest BCUT2D eigenvalue weighted by Gasteiger charge is -2.24. The number of nitrogens with zero attached hydrogens (tertiary/aromatic N) is 3. The number of rotatable bonds is 1. The molecule has 0 N–H and O–H groups in total. The molecule has 4 heterocycles. The Kier molecular flexibility index (Phi) is 3.43. The van der Waals surface area contributed by atoms with Crippen molar-refractivity contribution in [3.05, 3.63) is 21.2 Å². The first-order valence-corrected chi connectivity index (χ1v) is 8.51. The lowest BCUT2D eigenvalue weighted by atomic mass is 10.1. The third-order valence-corrected chi connectivity index (χ3v) is 5.16. The van der Waals surface area contributed by atoms with Crippen LogP contribution in [0.25, 0.3) is 11.0 Å². The highest BCUT2D eigenvalue weighted by Gasteiger charge is 2.54. The van der Waals surface area contributed by atoms with Crippen LogP contribution in [0.2, 0.25) is 5.15 Å². The van der Waals surface area contributed by atoms with Crippen molar-refractivity contribution in [2.24, 2.45) is 0 Å². The van der Waals surface area contributed by atoms with Crippen LogP contribution in [0.15, 0.2) is 12.5 Å². The minimum Gasteiger partial charge on any atom is -0.349 e. The van der Waals surface area contributed by atoms with Crippen LogP contribution in [0.1, 0.15) is 27.0 Å². The first-order chi connectivity index (χ1) is 10.4. The zero-order valence-corrected chi connectivity index (χ0v) is 15.2. The molecule has 118 valence electrons. The monoisotopic (exact) mass is 435 g/mol. The second-order valence-corrected chi connectivity index (χ2v) is 7.56. The van der Waals surface area contributed by atoms with E-state index in [9.17, 15) is 0 Å². The van der Waals surface area contributed by atoms with Crippen LogP contribution >= 0.6 is 34.2 Å². The Labute approximate surface area is 146 Å². The van der Waals surface area contributed by atoms with Crippen LogP contribution in [-0.2, 0) is 14.2 Å². The van der Waals surface area contributed by atoms with E-state index in [1.807, 2.05) is 31.5 Å². The minimum atomic E-state index is -0.603. The standard InChI is InChI=1S/C14H15ClIN3O3/c1-6-9-10(22-14(2,3)21-9)13(20-6)19-4-7(16)8-11(15)17-5-18-12(8)19/h4-6,9-10,13H,1-3H3/t6-,9-,10-,13-/m1/s1. The predicted molar refractivity (Wildman–Crippen MR) is 88.7 cm³/mol. The molecule has 2 saturated heterocycles. The summed E-state index contributed by atoms with van der Waals surface area (Å²) in [4.78, 5) is 8.42. The minimum absolute atomic E-state index is 0.0517. The number of halogens is 2. The van der Waals surface area contributed by atoms with Gasteiger partial charge < -0.3 is 18.8 Å². The summed E-state index contributed by atoms with van der Waals surface area (Å²) < 4.78 is 21.0. The summed E-state index contributed by atoms with van der Waals surface area (Å²) >= 11 is 8.43. The molecular formula is C14H15ClIN3O3. The van der Waals surface area contributed by atoms with Crippen molar-refractivity contribution in [1.29, 1.82) is 0 Å². The van der Waals surface area contributed by atoms with Crippen molar-refractivity contribution in [2.45, 2.75) is 51.1 Å². The SMILES string of the molecule is C[C@H]1O[C@@H](n2cc(I)c3c(Cl)ncnc32)[C@@H]2OC(C)(C)O[C@@H]21. The summed E-state index contributed by atoms with van der Waals surface area (Å²) in [5, 5.41) is 1.28. The van der Waals surface area contributed by atoms with Crippen molar-refractivity contribution in [2.75, 3.05) is 0 Å². The average Bonchev–Trinajstić information content (AvgIpc) is 3.02. The van der Waals surface area contributed by atoms with E-state index in [2.05, 4.69) is 32.6 Å². The maximum absolute atomic E-state index is 6.20. The van der Waals surface area contributed by atoms with Gasteiger partial charge in [0, 0.05) is 9.77 Å². The summed E-state index contributed by atoms with van der Waals surface area (Å²) in [6, 6.07) is 0. The Bertz CT molecular complexity index is 750. The van der Waals surface area contributed by atoms with E-state index in [1.54, 1.807) is 0 Å². The Hall–Kier alpha value is -0.480. The number of aromatic nitrogens is 3. The van der Waals surface area contributed by atoms with Gasteiger partial charge in [0.15, 0.2) is 12.0 Å². The zero-order chi connectivity index (χ0) is 15.6. The van der Waals surface area contributed by atoms with Crippen LogP contribution < -0.4 is 0 Å². The highest BCUT2D eigenvalue weighted by molar-refractivity contribution is 14.1. The average molecular weight is 436 g/mol. The van der Waals surface area contributed by atoms with E-state index in [0.29, 0.717) is 5.15 Å². The number of fused-ring (bicyclic) bond motifs is 2. The molecule has 8 heteroatoms. The Morgan fingerprint density at radius 2 is 2.00 bits per heavy atom. The fourth-order valence-electron chi connectivity index (χ4n) is 3.20. The molecule has 2 aliphatic heterocycles. The number of hydrogen-bond acceptors (Lipinski definition) is 5. The van der Waals surface area contributed by atoms with Gasteiger partial charge in [0.25, 0.3) is 0 Å². The van der Waals surface area contributed by atoms with Gasteiger partial charge in [-0.3, -0.25) is 0 Å². The van der Waals surface area contributed by atoms with Crippen LogP contribution in [0, 0.1) is 3.57 Å². The molecule has 0 bridgehead atoms. The molecule has 0 saturated carbocycles. The predicted octanol–water partition coefficient (Wildman–Crippen LogP) is 3.13. The molecule has 2 aromatic rings. The van der Waals surface area contributed by atoms with E-state index in [0.717, 1.165) is 14.6 Å². The van der Waals surface area contributed by atoms with Crippen molar-refractivity contribution in [3.8, 4) is 0 Å². The molecular weight excluding hydrogens is 421 g/mol. The van der Waals surface area contributed by atoms with Gasteiger partial charge in [-0.25, -0.2) is 9.97 Å². The van der Waals surface area contributed by atoms with Gasteiger partial charge in [0.1, 0.15) is 29.3 Å². The lowest BCUT2D eigenvalue weighted by Crippen LogP contribution is -2.27. The molecule has 0 aliphatic carbocycles. The second kappa shape index (κ2) is 5.01. The van der Waals surface area contributed by atoms with Crippen LogP contribution in [0.5, 0.6) is 0 Å². The van der Waals surface area contributed by atoms with E-state index in [4.69, 9.17) is 25.8 Å². The Balaban J connectivity index is 1.81. The van der Waals surface area contributed by atoms with Gasteiger partial charge in [-0.15, -0.1) is 0 Å². The van der Waals surface area contributed by atoms with Gasteiger partial charge in [-0.1, -0.05) is 11.6 Å². The Morgan fingerprint density at radius 3 is 2.77 bits per heavy atom. The molecule has 0 radical (unpaired) electrons. The molecule has 2 aliphatic rings. The quantitative estimate of drug-likeness (QED) is 0.509. The first kappa shape index (κ1) is 15.1. The summed E-state index contributed by atoms with van der Waals surface area (Å²) in [6.07, 6.45) is 2.82. The van der Waals surface area contributed by atoms with Gasteiger partial charge in [-0.05, 0) is 43.4 Å². The summed E-state index contributed by atoms with van der Waals surface area (Å²) in [6.45, 7) is 5.85. The Morgan fingerprint density at radius 1 is 1.27 bits per heavy atom. The van der Waals surface area contributed by atoms with Gasteiger partial charge >= 0.3 is 0 Å². The molecule has 0 unspecified atom stereocenters. The molecule has 0 aromatic carbocycles. The van der Waals surface area contributed by atoms with E-state index in [1.165, 1.54) is 6.33 Å². The largest absolute Gasteiger partial charge is 0.349 e. The van der Waals surface area contributed by atoms with Gasteiger partial charge in [-0.2, -0.15) is 0 Å². The van der Waals surface area contributed by atoms with E-state index < -0.39 is 5.79 Å². The van der Waals surface area contributed by atoms with Gasteiger partial charge in [0.2, 0.25) is 0 Å². The molecule has 2 aromatic heterocycles. The highest BCUT2D eigenvalue weighted by atomic mass is 127. The summed E-state index contributed by atoms with van der Waals surface area (Å²) in [5.74, 6) is -0.603. The zero-order valence-electron chi connectivity index (χ0n) is 12.3. The fraction of sp³-hybridized carbons (Fsp3) is 0.571. The molecule has 6 nitrogen and oxygen atoms in total. The van der Waals surface area contributed by atoms with Crippen LogP contribution in [0.3, 0.4) is 0 Å². The van der Waals surface area contributed by atoms with Crippen LogP contribution in [-0.4, -0.2) is 38.6 Å². The lowest BCUT2D eigenvalue weighted by molar-refractivity contribution is -0.194. The van der Waals surface area contributed by atoms with Crippen molar-refractivity contribution >= 4 is 45.2 Å². The van der Waals surface area contributed by atoms with Gasteiger partial charge in [0.05, 0.1) is 11.5 Å². The highest BCUT2D eigenvalue weighted by Crippen LogP contribution is 2.44. The van der Waals surface area contributed by atoms with Crippen molar-refractivity contribution in [1.82, 2.24) is 14.5 Å². The van der Waals surface area contributed by atoms with Crippen molar-refractivity contribution in [3.63, 3.8) is 0 Å². The van der Waals surface area contributed by atoms with E-state index in [-0.39, 0.29) is 24.5 Å². The molecule has 4 atom stereocenters. The summed E-state index contributed by atoms with van der Waals surface area (Å²) in [7, 11) is 0. The maximum Gasteiger partial charge on any atom is 0.164 e. The fourth-order valence-corrected chi connectivity index (χ4v) is 4.38. The van der Waals surface area contributed by atoms with Crippen molar-refractivity contribution < 1.29 is 14.2 Å². The normalized spacial score (nSPS) is 33.5. The maximum atomic E-state index is 6.20. The third-order valence-electron chi connectivity index (χ3n) is 4.05. The smallest absolute Gasteiger partial charge is 0.164 e. The van der Waals surface area contributed by atoms with E-state index >= 15 is 0 Å². The number of hydrogen-bond donors (Lipinski definition) is 0. The molecule has 0 spiro atoms. The molecule has 4 rings (SSSR count).